The normalized spacial score (nSPS) is 13.9. The topological polar surface area (TPSA) is 76.3 Å². The van der Waals surface area contributed by atoms with E-state index < -0.39 is 11.7 Å². The van der Waals surface area contributed by atoms with Gasteiger partial charge in [-0.3, -0.25) is 14.5 Å². The fourth-order valence-electron chi connectivity index (χ4n) is 2.50. The van der Waals surface area contributed by atoms with Crippen LogP contribution < -0.4 is 4.90 Å². The molecule has 2 aromatic rings. The summed E-state index contributed by atoms with van der Waals surface area (Å²) in [4.78, 5) is 29.8. The van der Waals surface area contributed by atoms with Crippen molar-refractivity contribution in [3.8, 4) is 0 Å². The van der Waals surface area contributed by atoms with Crippen LogP contribution in [0.15, 0.2) is 22.7 Å². The third-order valence-corrected chi connectivity index (χ3v) is 3.47. The van der Waals surface area contributed by atoms with Gasteiger partial charge in [0, 0.05) is 6.42 Å². The molecule has 1 aromatic carbocycles. The highest BCUT2D eigenvalue weighted by Crippen LogP contribution is 2.32. The molecule has 0 bridgehead atoms. The minimum atomic E-state index is -0.541. The van der Waals surface area contributed by atoms with Gasteiger partial charge in [0.15, 0.2) is 5.82 Å². The number of hydrogen-bond donors (Lipinski definition) is 0. The average Bonchev–Trinajstić information content (AvgIpc) is 3.00. The zero-order chi connectivity index (χ0) is 15.0. The molecular formula is C15H15N3O3. The van der Waals surface area contributed by atoms with Gasteiger partial charge in [0.1, 0.15) is 0 Å². The lowest BCUT2D eigenvalue weighted by Crippen LogP contribution is -2.30. The van der Waals surface area contributed by atoms with E-state index in [9.17, 15) is 9.59 Å². The van der Waals surface area contributed by atoms with Gasteiger partial charge in [0.2, 0.25) is 5.89 Å². The summed E-state index contributed by atoms with van der Waals surface area (Å²) in [5.41, 5.74) is 1.97. The predicted molar refractivity (Wildman–Crippen MR) is 75.0 cm³/mol. The third kappa shape index (κ3) is 2.22. The van der Waals surface area contributed by atoms with Crippen LogP contribution in [0.4, 0.5) is 5.69 Å². The monoisotopic (exact) mass is 285 g/mol. The number of rotatable bonds is 4. The Hall–Kier alpha value is -2.50. The van der Waals surface area contributed by atoms with Crippen LogP contribution in [0.2, 0.25) is 0 Å². The van der Waals surface area contributed by atoms with E-state index in [2.05, 4.69) is 10.1 Å². The van der Waals surface area contributed by atoms with Crippen molar-refractivity contribution in [2.45, 2.75) is 33.2 Å². The Morgan fingerprint density at radius 2 is 2.10 bits per heavy atom. The molecule has 6 nitrogen and oxygen atoms in total. The summed E-state index contributed by atoms with van der Waals surface area (Å²) < 4.78 is 5.11. The molecule has 0 unspecified atom stereocenters. The van der Waals surface area contributed by atoms with E-state index in [4.69, 9.17) is 4.52 Å². The van der Waals surface area contributed by atoms with E-state index in [1.807, 2.05) is 19.9 Å². The molecule has 1 aliphatic heterocycles. The molecule has 0 N–H and O–H groups in total. The second-order valence-electron chi connectivity index (χ2n) is 5.05. The standard InChI is InChI=1S/C15H15N3O3/c1-3-5-12-16-11(17-21-12)8-18-13-9(2)6-4-7-10(13)14(19)15(18)20/h4,6-7H,3,5,8H2,1-2H3. The van der Waals surface area contributed by atoms with E-state index in [1.165, 1.54) is 4.90 Å². The van der Waals surface area contributed by atoms with Crippen LogP contribution in [-0.2, 0) is 17.8 Å². The van der Waals surface area contributed by atoms with Crippen LogP contribution in [0, 0.1) is 6.92 Å². The number of amides is 1. The second-order valence-corrected chi connectivity index (χ2v) is 5.05. The molecule has 0 atom stereocenters. The maximum Gasteiger partial charge on any atom is 0.299 e. The van der Waals surface area contributed by atoms with Crippen LogP contribution in [-0.4, -0.2) is 21.8 Å². The number of anilines is 1. The molecule has 2 heterocycles. The molecule has 0 radical (unpaired) electrons. The minimum Gasteiger partial charge on any atom is -0.339 e. The first-order valence-corrected chi connectivity index (χ1v) is 6.89. The number of hydrogen-bond acceptors (Lipinski definition) is 5. The number of benzene rings is 1. The quantitative estimate of drug-likeness (QED) is 0.804. The van der Waals surface area contributed by atoms with Crippen LogP contribution in [0.5, 0.6) is 0 Å². The van der Waals surface area contributed by atoms with Gasteiger partial charge in [-0.15, -0.1) is 0 Å². The molecule has 21 heavy (non-hydrogen) atoms. The summed E-state index contributed by atoms with van der Waals surface area (Å²) in [6, 6.07) is 5.31. The molecule has 0 fully saturated rings. The number of aryl methyl sites for hydroxylation is 2. The van der Waals surface area contributed by atoms with Gasteiger partial charge in [-0.25, -0.2) is 0 Å². The Morgan fingerprint density at radius 3 is 2.86 bits per heavy atom. The first kappa shape index (κ1) is 13.5. The predicted octanol–water partition coefficient (Wildman–Crippen LogP) is 2.06. The van der Waals surface area contributed by atoms with Gasteiger partial charge < -0.3 is 4.52 Å². The number of Topliss-reactive ketones (excluding diaryl/α,β-unsaturated/α-hetero) is 1. The maximum atomic E-state index is 12.1. The Kier molecular flexibility index (Phi) is 3.29. The number of para-hydroxylation sites is 1. The van der Waals surface area contributed by atoms with E-state index in [1.54, 1.807) is 12.1 Å². The minimum absolute atomic E-state index is 0.148. The van der Waals surface area contributed by atoms with Crippen molar-refractivity contribution >= 4 is 17.4 Å². The number of carbonyl (C=O) groups is 2. The van der Waals surface area contributed by atoms with Gasteiger partial charge >= 0.3 is 0 Å². The van der Waals surface area contributed by atoms with Gasteiger partial charge in [0.25, 0.3) is 11.7 Å². The van der Waals surface area contributed by atoms with Crippen LogP contribution in [0.25, 0.3) is 0 Å². The van der Waals surface area contributed by atoms with Crippen molar-refractivity contribution in [3.05, 3.63) is 41.0 Å². The molecule has 6 heteroatoms. The average molecular weight is 285 g/mol. The van der Waals surface area contributed by atoms with Gasteiger partial charge in [0.05, 0.1) is 17.8 Å². The van der Waals surface area contributed by atoms with E-state index in [0.717, 1.165) is 12.0 Å². The van der Waals surface area contributed by atoms with Crippen LogP contribution in [0.3, 0.4) is 0 Å². The first-order chi connectivity index (χ1) is 10.1. The summed E-state index contributed by atoms with van der Waals surface area (Å²) in [7, 11) is 0. The molecule has 1 amide bonds. The highest BCUT2D eigenvalue weighted by atomic mass is 16.5. The molecule has 0 aliphatic carbocycles. The number of carbonyl (C=O) groups excluding carboxylic acids is 2. The van der Waals surface area contributed by atoms with Crippen LogP contribution >= 0.6 is 0 Å². The lowest BCUT2D eigenvalue weighted by Gasteiger charge is -2.16. The highest BCUT2D eigenvalue weighted by Gasteiger charge is 2.37. The molecule has 0 saturated heterocycles. The smallest absolute Gasteiger partial charge is 0.299 e. The van der Waals surface area contributed by atoms with Crippen molar-refractivity contribution in [2.75, 3.05) is 4.90 Å². The fraction of sp³-hybridized carbons (Fsp3) is 0.333. The lowest BCUT2D eigenvalue weighted by molar-refractivity contribution is -0.114. The molecule has 108 valence electrons. The summed E-state index contributed by atoms with van der Waals surface area (Å²) >= 11 is 0. The summed E-state index contributed by atoms with van der Waals surface area (Å²) in [5, 5.41) is 3.87. The van der Waals surface area contributed by atoms with E-state index in [-0.39, 0.29) is 6.54 Å². The summed E-state index contributed by atoms with van der Waals surface area (Å²) in [6.45, 7) is 4.04. The van der Waals surface area contributed by atoms with Crippen LogP contribution in [0.1, 0.15) is 41.0 Å². The van der Waals surface area contributed by atoms with Gasteiger partial charge in [-0.1, -0.05) is 24.2 Å². The fourth-order valence-corrected chi connectivity index (χ4v) is 2.50. The molecule has 3 rings (SSSR count). The SMILES string of the molecule is CCCc1nc(CN2C(=O)C(=O)c3cccc(C)c32)no1. The van der Waals surface area contributed by atoms with Crippen molar-refractivity contribution < 1.29 is 14.1 Å². The number of nitrogens with zero attached hydrogens (tertiary/aromatic N) is 3. The Labute approximate surface area is 121 Å². The number of ketones is 1. The maximum absolute atomic E-state index is 12.1. The highest BCUT2D eigenvalue weighted by molar-refractivity contribution is 6.52. The Balaban J connectivity index is 1.92. The molecular weight excluding hydrogens is 270 g/mol. The van der Waals surface area contributed by atoms with Crippen molar-refractivity contribution in [1.29, 1.82) is 0 Å². The molecule has 0 saturated carbocycles. The first-order valence-electron chi connectivity index (χ1n) is 6.89. The Bertz CT molecular complexity index is 721. The second kappa shape index (κ2) is 5.12. The van der Waals surface area contributed by atoms with Crippen molar-refractivity contribution in [2.24, 2.45) is 0 Å². The van der Waals surface area contributed by atoms with E-state index >= 15 is 0 Å². The third-order valence-electron chi connectivity index (χ3n) is 3.47. The largest absolute Gasteiger partial charge is 0.339 e. The zero-order valence-electron chi connectivity index (χ0n) is 11.9. The Morgan fingerprint density at radius 1 is 1.29 bits per heavy atom. The number of aromatic nitrogens is 2. The lowest BCUT2D eigenvalue weighted by atomic mass is 10.1. The van der Waals surface area contributed by atoms with E-state index in [0.29, 0.717) is 29.4 Å². The van der Waals surface area contributed by atoms with Gasteiger partial charge in [-0.2, -0.15) is 4.98 Å². The number of fused-ring (bicyclic) bond motifs is 1. The molecule has 0 spiro atoms. The summed E-state index contributed by atoms with van der Waals surface area (Å²) in [6.07, 6.45) is 1.61. The molecule has 1 aliphatic rings. The zero-order valence-corrected chi connectivity index (χ0v) is 11.9. The summed E-state index contributed by atoms with van der Waals surface area (Å²) in [5.74, 6) is -0.0571. The molecule has 1 aromatic heterocycles. The van der Waals surface area contributed by atoms with Crippen molar-refractivity contribution in [1.82, 2.24) is 10.1 Å². The van der Waals surface area contributed by atoms with Gasteiger partial charge in [-0.05, 0) is 25.0 Å². The van der Waals surface area contributed by atoms with Crippen molar-refractivity contribution in [3.63, 3.8) is 0 Å².